The lowest BCUT2D eigenvalue weighted by atomic mass is 9.95. The van der Waals surface area contributed by atoms with E-state index in [1.165, 1.54) is 0 Å². The van der Waals surface area contributed by atoms with Crippen LogP contribution in [0.15, 0.2) is 16.7 Å². The highest BCUT2D eigenvalue weighted by atomic mass is 16.3. The first-order valence-electron chi connectivity index (χ1n) is 5.31. The fraction of sp³-hybridized carbons (Fsp3) is 0.583. The molecule has 0 saturated heterocycles. The minimum absolute atomic E-state index is 0.114. The van der Waals surface area contributed by atoms with Gasteiger partial charge in [-0.3, -0.25) is 4.79 Å². The van der Waals surface area contributed by atoms with Crippen LogP contribution in [-0.4, -0.2) is 5.78 Å². The van der Waals surface area contributed by atoms with Gasteiger partial charge in [0.2, 0.25) is 0 Å². The van der Waals surface area contributed by atoms with Crippen molar-refractivity contribution >= 4 is 5.78 Å². The number of ketones is 1. The Morgan fingerprint density at radius 3 is 2.79 bits per heavy atom. The molecular formula is C12H18O2. The van der Waals surface area contributed by atoms with E-state index in [-0.39, 0.29) is 11.7 Å². The minimum atomic E-state index is 0.114. The van der Waals surface area contributed by atoms with Gasteiger partial charge in [-0.2, -0.15) is 0 Å². The molecule has 1 rings (SSSR count). The van der Waals surface area contributed by atoms with Crippen molar-refractivity contribution in [1.29, 1.82) is 0 Å². The molecule has 1 aromatic rings. The van der Waals surface area contributed by atoms with Crippen LogP contribution in [0.4, 0.5) is 0 Å². The molecule has 2 nitrogen and oxygen atoms in total. The Balaban J connectivity index is 2.78. The SMILES string of the molecule is CCCC(C)C(=O)c1ccoc1CC. The molecule has 0 aliphatic carbocycles. The van der Waals surface area contributed by atoms with Gasteiger partial charge in [0.25, 0.3) is 0 Å². The number of carbonyl (C=O) groups excluding carboxylic acids is 1. The molecule has 0 N–H and O–H groups in total. The largest absolute Gasteiger partial charge is 0.469 e. The highest BCUT2D eigenvalue weighted by Gasteiger charge is 2.18. The van der Waals surface area contributed by atoms with E-state index in [0.717, 1.165) is 30.6 Å². The lowest BCUT2D eigenvalue weighted by Crippen LogP contribution is -2.11. The van der Waals surface area contributed by atoms with Crippen LogP contribution < -0.4 is 0 Å². The lowest BCUT2D eigenvalue weighted by Gasteiger charge is -2.07. The van der Waals surface area contributed by atoms with Crippen LogP contribution in [0.2, 0.25) is 0 Å². The van der Waals surface area contributed by atoms with Gasteiger partial charge >= 0.3 is 0 Å². The number of hydrogen-bond acceptors (Lipinski definition) is 2. The van der Waals surface area contributed by atoms with E-state index in [1.807, 2.05) is 13.8 Å². The molecule has 0 amide bonds. The molecule has 1 aromatic heterocycles. The average molecular weight is 194 g/mol. The first-order chi connectivity index (χ1) is 6.70. The summed E-state index contributed by atoms with van der Waals surface area (Å²) < 4.78 is 5.24. The molecule has 1 unspecified atom stereocenters. The van der Waals surface area contributed by atoms with Crippen LogP contribution in [0.3, 0.4) is 0 Å². The van der Waals surface area contributed by atoms with Crippen LogP contribution in [0.1, 0.15) is 49.7 Å². The third-order valence-electron chi connectivity index (χ3n) is 2.50. The number of carbonyl (C=O) groups is 1. The summed E-state index contributed by atoms with van der Waals surface area (Å²) in [5, 5.41) is 0. The minimum Gasteiger partial charge on any atom is -0.469 e. The highest BCUT2D eigenvalue weighted by Crippen LogP contribution is 2.18. The molecule has 14 heavy (non-hydrogen) atoms. The van der Waals surface area contributed by atoms with Gasteiger partial charge in [0.1, 0.15) is 5.76 Å². The molecule has 2 heteroatoms. The Morgan fingerprint density at radius 2 is 2.21 bits per heavy atom. The summed E-state index contributed by atoms with van der Waals surface area (Å²) in [6, 6.07) is 1.79. The van der Waals surface area contributed by atoms with Crippen molar-refractivity contribution in [3.63, 3.8) is 0 Å². The summed E-state index contributed by atoms with van der Waals surface area (Å²) in [7, 11) is 0. The summed E-state index contributed by atoms with van der Waals surface area (Å²) in [6.07, 6.45) is 4.39. The zero-order valence-electron chi connectivity index (χ0n) is 9.17. The first-order valence-corrected chi connectivity index (χ1v) is 5.31. The molecule has 0 aliphatic rings. The number of hydrogen-bond donors (Lipinski definition) is 0. The zero-order valence-corrected chi connectivity index (χ0v) is 9.17. The second-order valence-electron chi connectivity index (χ2n) is 3.66. The second-order valence-corrected chi connectivity index (χ2v) is 3.66. The summed E-state index contributed by atoms with van der Waals surface area (Å²) in [5.41, 5.74) is 0.772. The predicted molar refractivity (Wildman–Crippen MR) is 56.5 cm³/mol. The second kappa shape index (κ2) is 4.99. The third kappa shape index (κ3) is 2.25. The van der Waals surface area contributed by atoms with Gasteiger partial charge in [0.05, 0.1) is 11.8 Å². The van der Waals surface area contributed by atoms with Crippen molar-refractivity contribution in [2.75, 3.05) is 0 Å². The normalized spacial score (nSPS) is 12.8. The Hall–Kier alpha value is -1.05. The van der Waals surface area contributed by atoms with E-state index >= 15 is 0 Å². The van der Waals surface area contributed by atoms with Gasteiger partial charge in [-0.1, -0.05) is 27.2 Å². The quantitative estimate of drug-likeness (QED) is 0.672. The number of aryl methyl sites for hydroxylation is 1. The molecule has 0 bridgehead atoms. The fourth-order valence-electron chi connectivity index (χ4n) is 1.66. The van der Waals surface area contributed by atoms with E-state index in [0.29, 0.717) is 0 Å². The van der Waals surface area contributed by atoms with Crippen molar-refractivity contribution in [3.05, 3.63) is 23.7 Å². The molecule has 0 radical (unpaired) electrons. The Kier molecular flexibility index (Phi) is 3.93. The highest BCUT2D eigenvalue weighted by molar-refractivity contribution is 5.98. The van der Waals surface area contributed by atoms with Crippen LogP contribution in [0, 0.1) is 5.92 Å². The maximum absolute atomic E-state index is 11.9. The summed E-state index contributed by atoms with van der Waals surface area (Å²) in [4.78, 5) is 11.9. The number of furan rings is 1. The molecule has 0 fully saturated rings. The van der Waals surface area contributed by atoms with Crippen molar-refractivity contribution in [2.45, 2.75) is 40.0 Å². The van der Waals surface area contributed by atoms with Gasteiger partial charge in [-0.05, 0) is 12.5 Å². The van der Waals surface area contributed by atoms with E-state index in [1.54, 1.807) is 12.3 Å². The zero-order chi connectivity index (χ0) is 10.6. The van der Waals surface area contributed by atoms with Gasteiger partial charge < -0.3 is 4.42 Å². The van der Waals surface area contributed by atoms with Crippen LogP contribution in [0.25, 0.3) is 0 Å². The molecular weight excluding hydrogens is 176 g/mol. The van der Waals surface area contributed by atoms with E-state index in [9.17, 15) is 4.79 Å². The number of Topliss-reactive ketones (excluding diaryl/α,β-unsaturated/α-hetero) is 1. The standard InChI is InChI=1S/C12H18O2/c1-4-6-9(3)12(13)10-7-8-14-11(10)5-2/h7-9H,4-6H2,1-3H3. The van der Waals surface area contributed by atoms with Crippen molar-refractivity contribution in [2.24, 2.45) is 5.92 Å². The Morgan fingerprint density at radius 1 is 1.50 bits per heavy atom. The van der Waals surface area contributed by atoms with Gasteiger partial charge in [-0.25, -0.2) is 0 Å². The fourth-order valence-corrected chi connectivity index (χ4v) is 1.66. The molecule has 1 heterocycles. The van der Waals surface area contributed by atoms with Gasteiger partial charge in [0, 0.05) is 12.3 Å². The van der Waals surface area contributed by atoms with E-state index < -0.39 is 0 Å². The molecule has 0 aliphatic heterocycles. The monoisotopic (exact) mass is 194 g/mol. The smallest absolute Gasteiger partial charge is 0.169 e. The Bertz CT molecular complexity index is 299. The lowest BCUT2D eigenvalue weighted by molar-refractivity contribution is 0.0921. The first kappa shape index (κ1) is 11.0. The van der Waals surface area contributed by atoms with Gasteiger partial charge in [-0.15, -0.1) is 0 Å². The Labute approximate surface area is 85.3 Å². The van der Waals surface area contributed by atoms with Gasteiger partial charge in [0.15, 0.2) is 5.78 Å². The summed E-state index contributed by atoms with van der Waals surface area (Å²) in [6.45, 7) is 6.08. The van der Waals surface area contributed by atoms with Crippen LogP contribution >= 0.6 is 0 Å². The van der Waals surface area contributed by atoms with Crippen molar-refractivity contribution < 1.29 is 9.21 Å². The topological polar surface area (TPSA) is 30.2 Å². The van der Waals surface area contributed by atoms with Crippen molar-refractivity contribution in [1.82, 2.24) is 0 Å². The summed E-state index contributed by atoms with van der Waals surface area (Å²) in [5.74, 6) is 1.15. The summed E-state index contributed by atoms with van der Waals surface area (Å²) >= 11 is 0. The van der Waals surface area contributed by atoms with E-state index in [4.69, 9.17) is 4.42 Å². The molecule has 0 spiro atoms. The van der Waals surface area contributed by atoms with E-state index in [2.05, 4.69) is 6.92 Å². The predicted octanol–water partition coefficient (Wildman–Crippen LogP) is 3.46. The van der Waals surface area contributed by atoms with Crippen molar-refractivity contribution in [3.8, 4) is 0 Å². The maximum Gasteiger partial charge on any atom is 0.169 e. The number of rotatable bonds is 5. The van der Waals surface area contributed by atoms with Crippen LogP contribution in [-0.2, 0) is 6.42 Å². The maximum atomic E-state index is 11.9. The molecule has 0 saturated carbocycles. The average Bonchev–Trinajstić information content (AvgIpc) is 2.64. The molecule has 1 atom stereocenters. The molecule has 78 valence electrons. The molecule has 0 aromatic carbocycles. The third-order valence-corrected chi connectivity index (χ3v) is 2.50. The van der Waals surface area contributed by atoms with Crippen LogP contribution in [0.5, 0.6) is 0 Å².